The number of sulfonamides is 1. The first-order chi connectivity index (χ1) is 13.9. The highest BCUT2D eigenvalue weighted by Gasteiger charge is 2.41. The van der Waals surface area contributed by atoms with E-state index < -0.39 is 10.0 Å². The Morgan fingerprint density at radius 2 is 1.59 bits per heavy atom. The van der Waals surface area contributed by atoms with Gasteiger partial charge in [-0.25, -0.2) is 17.5 Å². The third-order valence-electron chi connectivity index (χ3n) is 6.92. The predicted molar refractivity (Wildman–Crippen MR) is 114 cm³/mol. The molecule has 0 bridgehead atoms. The second-order valence-corrected chi connectivity index (χ2v) is 11.1. The summed E-state index contributed by atoms with van der Waals surface area (Å²) in [5.74, 6) is 0.597. The van der Waals surface area contributed by atoms with E-state index >= 15 is 0 Å². The lowest BCUT2D eigenvalue weighted by Crippen LogP contribution is -2.52. The summed E-state index contributed by atoms with van der Waals surface area (Å²) in [5.41, 5.74) is 1.40. The number of nitrogens with one attached hydrogen (secondary N) is 1. The maximum Gasteiger partial charge on any atom is 0.317 e. The molecule has 2 saturated carbocycles. The third-order valence-corrected chi connectivity index (χ3v) is 9.32. The van der Waals surface area contributed by atoms with Crippen LogP contribution in [-0.2, 0) is 10.0 Å². The Morgan fingerprint density at radius 3 is 2.17 bits per heavy atom. The number of rotatable bonds is 5. The van der Waals surface area contributed by atoms with Crippen molar-refractivity contribution >= 4 is 16.1 Å². The Morgan fingerprint density at radius 1 is 0.966 bits per heavy atom. The number of hydrogen-bond donors (Lipinski definition) is 1. The van der Waals surface area contributed by atoms with E-state index in [-0.39, 0.29) is 23.4 Å². The van der Waals surface area contributed by atoms with E-state index in [1.165, 1.54) is 5.56 Å². The quantitative estimate of drug-likeness (QED) is 0.796. The number of benzene rings is 1. The van der Waals surface area contributed by atoms with Crippen molar-refractivity contribution in [3.8, 4) is 0 Å². The average Bonchev–Trinajstić information content (AvgIpc) is 3.60. The molecular formula is C22H33N3O3S. The van der Waals surface area contributed by atoms with Crippen LogP contribution in [0.25, 0.3) is 0 Å². The normalized spacial score (nSPS) is 26.8. The Hall–Kier alpha value is -1.60. The average molecular weight is 420 g/mol. The minimum absolute atomic E-state index is 0.0170. The van der Waals surface area contributed by atoms with Crippen molar-refractivity contribution in [2.24, 2.45) is 0 Å². The number of carbonyl (C=O) groups is 1. The van der Waals surface area contributed by atoms with Crippen molar-refractivity contribution in [3.63, 3.8) is 0 Å². The molecule has 2 aliphatic carbocycles. The van der Waals surface area contributed by atoms with Crippen molar-refractivity contribution in [2.45, 2.75) is 74.6 Å². The molecule has 160 valence electrons. The lowest BCUT2D eigenvalue weighted by Gasteiger charge is -2.37. The molecule has 3 aliphatic rings. The Balaban J connectivity index is 1.22. The molecule has 4 rings (SSSR count). The van der Waals surface area contributed by atoms with Crippen LogP contribution in [0.15, 0.2) is 30.3 Å². The fourth-order valence-electron chi connectivity index (χ4n) is 4.80. The molecule has 1 saturated heterocycles. The van der Waals surface area contributed by atoms with E-state index in [0.29, 0.717) is 19.0 Å². The predicted octanol–water partition coefficient (Wildman–Crippen LogP) is 3.31. The Kier molecular flexibility index (Phi) is 6.16. The molecule has 7 heteroatoms. The van der Waals surface area contributed by atoms with Crippen LogP contribution in [0, 0.1) is 0 Å². The third kappa shape index (κ3) is 4.77. The highest BCUT2D eigenvalue weighted by Crippen LogP contribution is 2.34. The van der Waals surface area contributed by atoms with Crippen molar-refractivity contribution < 1.29 is 13.2 Å². The van der Waals surface area contributed by atoms with Gasteiger partial charge in [0, 0.05) is 32.2 Å². The fourth-order valence-corrected chi connectivity index (χ4v) is 6.67. The number of hydrogen-bond acceptors (Lipinski definition) is 3. The number of carbonyl (C=O) groups excluding carboxylic acids is 1. The Labute approximate surface area is 174 Å². The number of amides is 2. The first-order valence-corrected chi connectivity index (χ1v) is 12.5. The molecular weight excluding hydrogens is 386 g/mol. The first-order valence-electron chi connectivity index (χ1n) is 11.0. The van der Waals surface area contributed by atoms with E-state index in [0.717, 1.165) is 51.4 Å². The standard InChI is InChI=1S/C22H33N3O3S/c1-24(20-13-15-25(16-14-20)29(27,28)21-11-12-21)22(26)23-19-9-7-18(8-10-19)17-5-3-2-4-6-17/h2-6,18-21H,7-16H2,1H3,(H,23,26)/t18-,19+. The van der Waals surface area contributed by atoms with Gasteiger partial charge in [-0.15, -0.1) is 0 Å². The van der Waals surface area contributed by atoms with Gasteiger partial charge in [0.25, 0.3) is 0 Å². The van der Waals surface area contributed by atoms with Gasteiger partial charge in [0.2, 0.25) is 10.0 Å². The largest absolute Gasteiger partial charge is 0.335 e. The zero-order valence-electron chi connectivity index (χ0n) is 17.3. The SMILES string of the molecule is CN(C(=O)N[C@H]1CC[C@@H](c2ccccc2)CC1)C1CCN(S(=O)(=O)C2CC2)CC1. The molecule has 3 fully saturated rings. The molecule has 1 N–H and O–H groups in total. The molecule has 0 spiro atoms. The molecule has 1 aromatic rings. The van der Waals surface area contributed by atoms with Crippen LogP contribution in [0.4, 0.5) is 4.79 Å². The van der Waals surface area contributed by atoms with E-state index in [1.54, 1.807) is 9.21 Å². The summed E-state index contributed by atoms with van der Waals surface area (Å²) in [7, 11) is -1.25. The van der Waals surface area contributed by atoms with Gasteiger partial charge < -0.3 is 10.2 Å². The summed E-state index contributed by atoms with van der Waals surface area (Å²) in [6.45, 7) is 1.06. The van der Waals surface area contributed by atoms with Gasteiger partial charge in [-0.2, -0.15) is 0 Å². The van der Waals surface area contributed by atoms with Crippen LogP contribution in [0.2, 0.25) is 0 Å². The second kappa shape index (κ2) is 8.64. The highest BCUT2D eigenvalue weighted by molar-refractivity contribution is 7.90. The van der Waals surface area contributed by atoms with E-state index in [4.69, 9.17) is 0 Å². The smallest absolute Gasteiger partial charge is 0.317 e. The van der Waals surface area contributed by atoms with Gasteiger partial charge in [0.05, 0.1) is 5.25 Å². The van der Waals surface area contributed by atoms with Crippen LogP contribution in [0.1, 0.15) is 62.8 Å². The second-order valence-electron chi connectivity index (χ2n) is 8.89. The lowest BCUT2D eigenvalue weighted by atomic mass is 9.82. The summed E-state index contributed by atoms with van der Waals surface area (Å²) in [6.07, 6.45) is 7.28. The van der Waals surface area contributed by atoms with E-state index in [2.05, 4.69) is 35.6 Å². The number of piperidine rings is 1. The molecule has 6 nitrogen and oxygen atoms in total. The van der Waals surface area contributed by atoms with Crippen molar-refractivity contribution in [1.82, 2.24) is 14.5 Å². The van der Waals surface area contributed by atoms with Crippen molar-refractivity contribution in [2.75, 3.05) is 20.1 Å². The van der Waals surface area contributed by atoms with Gasteiger partial charge in [-0.05, 0) is 62.8 Å². The number of urea groups is 1. The van der Waals surface area contributed by atoms with E-state index in [1.807, 2.05) is 7.05 Å². The molecule has 1 aliphatic heterocycles. The van der Waals surface area contributed by atoms with Gasteiger partial charge >= 0.3 is 6.03 Å². The van der Waals surface area contributed by atoms with Gasteiger partial charge in [0.15, 0.2) is 0 Å². The molecule has 2 amide bonds. The molecule has 0 radical (unpaired) electrons. The molecule has 1 aromatic carbocycles. The number of nitrogens with zero attached hydrogens (tertiary/aromatic N) is 2. The molecule has 1 heterocycles. The van der Waals surface area contributed by atoms with Gasteiger partial charge in [-0.1, -0.05) is 30.3 Å². The van der Waals surface area contributed by atoms with Crippen LogP contribution in [-0.4, -0.2) is 61.1 Å². The van der Waals surface area contributed by atoms with Gasteiger partial charge in [0.1, 0.15) is 0 Å². The highest BCUT2D eigenvalue weighted by atomic mass is 32.2. The summed E-state index contributed by atoms with van der Waals surface area (Å²) < 4.78 is 26.4. The lowest BCUT2D eigenvalue weighted by molar-refractivity contribution is 0.157. The van der Waals surface area contributed by atoms with Crippen LogP contribution in [0.3, 0.4) is 0 Å². The molecule has 29 heavy (non-hydrogen) atoms. The maximum atomic E-state index is 12.7. The van der Waals surface area contributed by atoms with Crippen LogP contribution in [0.5, 0.6) is 0 Å². The fraction of sp³-hybridized carbons (Fsp3) is 0.682. The zero-order chi connectivity index (χ0) is 20.4. The van der Waals surface area contributed by atoms with Crippen LogP contribution < -0.4 is 5.32 Å². The topological polar surface area (TPSA) is 69.7 Å². The molecule has 0 unspecified atom stereocenters. The van der Waals surface area contributed by atoms with Gasteiger partial charge in [-0.3, -0.25) is 0 Å². The summed E-state index contributed by atoms with van der Waals surface area (Å²) in [4.78, 5) is 14.5. The first kappa shape index (κ1) is 20.7. The summed E-state index contributed by atoms with van der Waals surface area (Å²) in [5, 5.41) is 3.07. The summed E-state index contributed by atoms with van der Waals surface area (Å²) >= 11 is 0. The molecule has 0 atom stereocenters. The minimum atomic E-state index is -3.09. The minimum Gasteiger partial charge on any atom is -0.335 e. The monoisotopic (exact) mass is 419 g/mol. The van der Waals surface area contributed by atoms with Crippen LogP contribution >= 0.6 is 0 Å². The van der Waals surface area contributed by atoms with E-state index in [9.17, 15) is 13.2 Å². The summed E-state index contributed by atoms with van der Waals surface area (Å²) in [6, 6.07) is 11.0. The molecule has 0 aromatic heterocycles. The Bertz CT molecular complexity index is 794. The zero-order valence-corrected chi connectivity index (χ0v) is 18.1. The van der Waals surface area contributed by atoms with Crippen molar-refractivity contribution in [1.29, 1.82) is 0 Å². The van der Waals surface area contributed by atoms with Crippen molar-refractivity contribution in [3.05, 3.63) is 35.9 Å². The maximum absolute atomic E-state index is 12.7.